The van der Waals surface area contributed by atoms with E-state index in [-0.39, 0.29) is 35.2 Å². The normalized spacial score (nSPS) is 11.7. The molecule has 6 heteroatoms. The number of benzene rings is 2. The van der Waals surface area contributed by atoms with Gasteiger partial charge in [0.15, 0.2) is 0 Å². The van der Waals surface area contributed by atoms with Crippen LogP contribution < -0.4 is 10.6 Å². The highest BCUT2D eigenvalue weighted by Crippen LogP contribution is 2.27. The summed E-state index contributed by atoms with van der Waals surface area (Å²) in [7, 11) is 0. The van der Waals surface area contributed by atoms with Crippen LogP contribution in [0.4, 0.5) is 10.1 Å². The van der Waals surface area contributed by atoms with Crippen LogP contribution in [0.15, 0.2) is 36.4 Å². The predicted molar refractivity (Wildman–Crippen MR) is 110 cm³/mol. The first-order valence-corrected chi connectivity index (χ1v) is 9.82. The Balaban J connectivity index is 1.78. The summed E-state index contributed by atoms with van der Waals surface area (Å²) in [6.45, 7) is 7.79. The van der Waals surface area contributed by atoms with Gasteiger partial charge in [0.2, 0.25) is 11.8 Å². The lowest BCUT2D eigenvalue weighted by Gasteiger charge is -2.14. The van der Waals surface area contributed by atoms with E-state index in [2.05, 4.69) is 10.6 Å². The lowest BCUT2D eigenvalue weighted by Crippen LogP contribution is -2.34. The Kier molecular flexibility index (Phi) is 7.42. The highest BCUT2D eigenvalue weighted by atomic mass is 32.2. The van der Waals surface area contributed by atoms with Gasteiger partial charge < -0.3 is 10.6 Å². The molecule has 0 fully saturated rings. The number of anilines is 1. The zero-order chi connectivity index (χ0) is 20.0. The van der Waals surface area contributed by atoms with E-state index in [0.717, 1.165) is 27.9 Å². The van der Waals surface area contributed by atoms with Gasteiger partial charge in [0.05, 0.1) is 12.3 Å². The molecule has 0 aliphatic heterocycles. The molecule has 0 spiro atoms. The lowest BCUT2D eigenvalue weighted by atomic mass is 10.1. The third-order valence-electron chi connectivity index (χ3n) is 4.19. The van der Waals surface area contributed by atoms with Crippen molar-refractivity contribution in [2.45, 2.75) is 32.9 Å². The largest absolute Gasteiger partial charge is 0.346 e. The standard InChI is InChI=1S/C21H25FN2O2S/c1-13-9-14(2)21(15(3)10-13)24-19(25)11-23-20(26)12-27-16(4)17-5-7-18(22)8-6-17/h5-10,16H,11-12H2,1-4H3,(H,23,26)(H,24,25). The topological polar surface area (TPSA) is 58.2 Å². The van der Waals surface area contributed by atoms with Gasteiger partial charge in [-0.15, -0.1) is 11.8 Å². The highest BCUT2D eigenvalue weighted by Gasteiger charge is 2.12. The molecule has 0 aliphatic rings. The van der Waals surface area contributed by atoms with Gasteiger partial charge in [0.1, 0.15) is 5.82 Å². The van der Waals surface area contributed by atoms with E-state index in [4.69, 9.17) is 0 Å². The van der Waals surface area contributed by atoms with Crippen LogP contribution in [-0.2, 0) is 9.59 Å². The van der Waals surface area contributed by atoms with Crippen LogP contribution in [0.25, 0.3) is 0 Å². The smallest absolute Gasteiger partial charge is 0.243 e. The predicted octanol–water partition coefficient (Wildman–Crippen LogP) is 4.30. The van der Waals surface area contributed by atoms with Gasteiger partial charge in [0.25, 0.3) is 0 Å². The Hall–Kier alpha value is -2.34. The molecule has 0 heterocycles. The summed E-state index contributed by atoms with van der Waals surface area (Å²) in [5.74, 6) is -0.510. The molecule has 2 N–H and O–H groups in total. The maximum atomic E-state index is 13.0. The van der Waals surface area contributed by atoms with E-state index in [9.17, 15) is 14.0 Å². The van der Waals surface area contributed by atoms with E-state index in [1.807, 2.05) is 39.8 Å². The maximum Gasteiger partial charge on any atom is 0.243 e. The van der Waals surface area contributed by atoms with Gasteiger partial charge in [-0.2, -0.15) is 0 Å². The minimum atomic E-state index is -0.279. The summed E-state index contributed by atoms with van der Waals surface area (Å²) in [5, 5.41) is 5.56. The number of aryl methyl sites for hydroxylation is 3. The van der Waals surface area contributed by atoms with Crippen molar-refractivity contribution in [1.29, 1.82) is 0 Å². The highest BCUT2D eigenvalue weighted by molar-refractivity contribution is 8.00. The van der Waals surface area contributed by atoms with Crippen LogP contribution in [0.3, 0.4) is 0 Å². The average Bonchev–Trinajstić information content (AvgIpc) is 2.61. The molecule has 4 nitrogen and oxygen atoms in total. The van der Waals surface area contributed by atoms with Gasteiger partial charge >= 0.3 is 0 Å². The van der Waals surface area contributed by atoms with Crippen LogP contribution in [0.1, 0.15) is 34.4 Å². The van der Waals surface area contributed by atoms with E-state index in [1.54, 1.807) is 12.1 Å². The minimum absolute atomic E-state index is 0.0584. The van der Waals surface area contributed by atoms with Crippen molar-refractivity contribution in [2.24, 2.45) is 0 Å². The number of carbonyl (C=O) groups excluding carboxylic acids is 2. The third-order valence-corrected chi connectivity index (χ3v) is 5.39. The Morgan fingerprint density at radius 1 is 1.04 bits per heavy atom. The summed E-state index contributed by atoms with van der Waals surface area (Å²) >= 11 is 1.44. The number of thioether (sulfide) groups is 1. The average molecular weight is 389 g/mol. The van der Waals surface area contributed by atoms with Gasteiger partial charge in [-0.05, 0) is 56.5 Å². The van der Waals surface area contributed by atoms with Crippen LogP contribution >= 0.6 is 11.8 Å². The van der Waals surface area contributed by atoms with Gasteiger partial charge in [0, 0.05) is 10.9 Å². The summed E-state index contributed by atoms with van der Waals surface area (Å²) < 4.78 is 13.0. The molecule has 0 radical (unpaired) electrons. The van der Waals surface area contributed by atoms with Crippen LogP contribution in [0.5, 0.6) is 0 Å². The first-order valence-electron chi connectivity index (χ1n) is 8.77. The van der Waals surface area contributed by atoms with Crippen molar-refractivity contribution < 1.29 is 14.0 Å². The van der Waals surface area contributed by atoms with Crippen LogP contribution in [-0.4, -0.2) is 24.1 Å². The molecule has 2 amide bonds. The van der Waals surface area contributed by atoms with E-state index in [0.29, 0.717) is 0 Å². The van der Waals surface area contributed by atoms with Crippen molar-refractivity contribution in [3.05, 3.63) is 64.5 Å². The summed E-state index contributed by atoms with van der Waals surface area (Å²) in [6.07, 6.45) is 0. The van der Waals surface area contributed by atoms with Crippen molar-refractivity contribution in [1.82, 2.24) is 5.32 Å². The number of amides is 2. The van der Waals surface area contributed by atoms with Crippen molar-refractivity contribution in [2.75, 3.05) is 17.6 Å². The molecule has 0 saturated carbocycles. The molecule has 0 saturated heterocycles. The Morgan fingerprint density at radius 3 is 2.22 bits per heavy atom. The zero-order valence-electron chi connectivity index (χ0n) is 16.1. The van der Waals surface area contributed by atoms with Gasteiger partial charge in [-0.25, -0.2) is 4.39 Å². The first kappa shape index (κ1) is 21.0. The fourth-order valence-corrected chi connectivity index (χ4v) is 3.67. The fourth-order valence-electron chi connectivity index (χ4n) is 2.82. The maximum absolute atomic E-state index is 13.0. The molecule has 0 aliphatic carbocycles. The molecule has 0 aromatic heterocycles. The number of carbonyl (C=O) groups is 2. The Morgan fingerprint density at radius 2 is 1.63 bits per heavy atom. The second-order valence-electron chi connectivity index (χ2n) is 6.60. The number of nitrogens with one attached hydrogen (secondary N) is 2. The molecule has 2 aromatic carbocycles. The molecule has 144 valence electrons. The molecule has 1 atom stereocenters. The molecule has 2 rings (SSSR count). The number of rotatable bonds is 7. The van der Waals surface area contributed by atoms with E-state index < -0.39 is 0 Å². The lowest BCUT2D eigenvalue weighted by molar-refractivity contribution is -0.122. The van der Waals surface area contributed by atoms with Gasteiger partial charge in [-0.1, -0.05) is 29.8 Å². The number of hydrogen-bond donors (Lipinski definition) is 2. The molecule has 1 unspecified atom stereocenters. The second kappa shape index (κ2) is 9.55. The molecule has 2 aromatic rings. The van der Waals surface area contributed by atoms with E-state index >= 15 is 0 Å². The summed E-state index contributed by atoms with van der Waals surface area (Å²) in [6, 6.07) is 10.3. The second-order valence-corrected chi connectivity index (χ2v) is 7.93. The molecule has 0 bridgehead atoms. The Labute approximate surface area is 163 Å². The van der Waals surface area contributed by atoms with Crippen molar-refractivity contribution in [3.8, 4) is 0 Å². The number of halogens is 1. The summed E-state index contributed by atoms with van der Waals surface area (Å²) in [5.41, 5.74) is 4.88. The SMILES string of the molecule is Cc1cc(C)c(NC(=O)CNC(=O)CSC(C)c2ccc(F)cc2)c(C)c1. The number of hydrogen-bond acceptors (Lipinski definition) is 3. The minimum Gasteiger partial charge on any atom is -0.346 e. The van der Waals surface area contributed by atoms with Crippen molar-refractivity contribution in [3.63, 3.8) is 0 Å². The quantitative estimate of drug-likeness (QED) is 0.743. The molecular formula is C21H25FN2O2S. The zero-order valence-corrected chi connectivity index (χ0v) is 16.9. The fraction of sp³-hybridized carbons (Fsp3) is 0.333. The Bertz CT molecular complexity index is 798. The molecule has 27 heavy (non-hydrogen) atoms. The molecular weight excluding hydrogens is 363 g/mol. The van der Waals surface area contributed by atoms with Crippen LogP contribution in [0, 0.1) is 26.6 Å². The van der Waals surface area contributed by atoms with Crippen LogP contribution in [0.2, 0.25) is 0 Å². The van der Waals surface area contributed by atoms with Gasteiger partial charge in [-0.3, -0.25) is 9.59 Å². The van der Waals surface area contributed by atoms with Crippen molar-refractivity contribution >= 4 is 29.3 Å². The summed E-state index contributed by atoms with van der Waals surface area (Å²) in [4.78, 5) is 24.1. The first-order chi connectivity index (χ1) is 12.8. The monoisotopic (exact) mass is 388 g/mol. The third kappa shape index (κ3) is 6.40. The van der Waals surface area contributed by atoms with E-state index in [1.165, 1.54) is 23.9 Å².